The van der Waals surface area contributed by atoms with Gasteiger partial charge in [-0.2, -0.15) is 0 Å². The van der Waals surface area contributed by atoms with Crippen LogP contribution in [0.4, 0.5) is 0 Å². The van der Waals surface area contributed by atoms with Crippen LogP contribution in [0.2, 0.25) is 0 Å². The summed E-state index contributed by atoms with van der Waals surface area (Å²) in [4.78, 5) is 21.6. The molecule has 2 heterocycles. The summed E-state index contributed by atoms with van der Waals surface area (Å²) in [6.45, 7) is 11.5. The van der Waals surface area contributed by atoms with E-state index in [1.165, 1.54) is 0 Å². The Bertz CT molecular complexity index is 642. The quantitative estimate of drug-likeness (QED) is 0.605. The first-order valence-corrected chi connectivity index (χ1v) is 10.5. The Morgan fingerprint density at radius 3 is 2.64 bits per heavy atom. The zero-order valence-electron chi connectivity index (χ0n) is 18.5. The van der Waals surface area contributed by atoms with Gasteiger partial charge in [-0.1, -0.05) is 13.3 Å². The van der Waals surface area contributed by atoms with E-state index in [9.17, 15) is 4.79 Å². The van der Waals surface area contributed by atoms with Gasteiger partial charge in [0.15, 0.2) is 0 Å². The van der Waals surface area contributed by atoms with Crippen molar-refractivity contribution in [3.8, 4) is 5.75 Å². The summed E-state index contributed by atoms with van der Waals surface area (Å²) in [5.41, 5.74) is 3.26. The minimum Gasteiger partial charge on any atom is -0.496 e. The molecule has 1 aromatic heterocycles. The summed E-state index contributed by atoms with van der Waals surface area (Å²) in [6.07, 6.45) is 5.56. The van der Waals surface area contributed by atoms with Crippen molar-refractivity contribution in [3.05, 3.63) is 23.0 Å². The van der Waals surface area contributed by atoms with Crippen molar-refractivity contribution < 1.29 is 14.3 Å². The van der Waals surface area contributed by atoms with Crippen molar-refractivity contribution in [2.75, 3.05) is 33.9 Å². The zero-order valence-corrected chi connectivity index (χ0v) is 18.5. The molecular weight excluding hydrogens is 354 g/mol. The van der Waals surface area contributed by atoms with E-state index in [-0.39, 0.29) is 18.1 Å². The molecule has 1 unspecified atom stereocenters. The van der Waals surface area contributed by atoms with Crippen LogP contribution < -0.4 is 4.74 Å². The first-order chi connectivity index (χ1) is 13.4. The van der Waals surface area contributed by atoms with Gasteiger partial charge in [-0.05, 0) is 40.0 Å². The number of pyridine rings is 1. The number of likely N-dealkylation sites (tertiary alicyclic amines) is 1. The van der Waals surface area contributed by atoms with E-state index in [1.807, 2.05) is 32.0 Å². The molecule has 158 valence electrons. The summed E-state index contributed by atoms with van der Waals surface area (Å²) < 4.78 is 11.2. The highest BCUT2D eigenvalue weighted by Crippen LogP contribution is 2.26. The SMILES string of the molecule is CCCCOC(C)C(=O)N(C)C1CCN(Cc2ncc(C)c(OC)c2C)CC1. The Kier molecular flexibility index (Phi) is 8.70. The second-order valence-electron chi connectivity index (χ2n) is 7.87. The minimum absolute atomic E-state index is 0.0929. The number of ether oxygens (including phenoxy) is 2. The Morgan fingerprint density at radius 2 is 2.04 bits per heavy atom. The van der Waals surface area contributed by atoms with Gasteiger partial charge in [-0.15, -0.1) is 0 Å². The van der Waals surface area contributed by atoms with Crippen LogP contribution >= 0.6 is 0 Å². The van der Waals surface area contributed by atoms with E-state index >= 15 is 0 Å². The smallest absolute Gasteiger partial charge is 0.251 e. The lowest BCUT2D eigenvalue weighted by molar-refractivity contribution is -0.144. The van der Waals surface area contributed by atoms with Crippen LogP contribution in [0.3, 0.4) is 0 Å². The first kappa shape index (κ1) is 22.6. The number of carbonyl (C=O) groups is 1. The summed E-state index contributed by atoms with van der Waals surface area (Å²) in [7, 11) is 3.63. The number of hydrogen-bond acceptors (Lipinski definition) is 5. The van der Waals surface area contributed by atoms with Crippen LogP contribution in [-0.2, 0) is 16.1 Å². The first-order valence-electron chi connectivity index (χ1n) is 10.5. The number of aromatic nitrogens is 1. The van der Waals surface area contributed by atoms with Gasteiger partial charge in [-0.3, -0.25) is 14.7 Å². The van der Waals surface area contributed by atoms with Crippen LogP contribution in [0.5, 0.6) is 5.75 Å². The second kappa shape index (κ2) is 10.8. The number of hydrogen-bond donors (Lipinski definition) is 0. The van der Waals surface area contributed by atoms with Crippen LogP contribution in [0.25, 0.3) is 0 Å². The highest BCUT2D eigenvalue weighted by Gasteiger charge is 2.28. The zero-order chi connectivity index (χ0) is 20.7. The van der Waals surface area contributed by atoms with Crippen molar-refractivity contribution in [1.82, 2.24) is 14.8 Å². The van der Waals surface area contributed by atoms with Gasteiger partial charge < -0.3 is 14.4 Å². The number of amides is 1. The van der Waals surface area contributed by atoms with Crippen LogP contribution in [0, 0.1) is 13.8 Å². The number of methoxy groups -OCH3 is 1. The van der Waals surface area contributed by atoms with Crippen molar-refractivity contribution in [2.24, 2.45) is 0 Å². The Labute approximate surface area is 170 Å². The maximum Gasteiger partial charge on any atom is 0.251 e. The molecule has 6 nitrogen and oxygen atoms in total. The molecule has 1 aliphatic heterocycles. The predicted molar refractivity (Wildman–Crippen MR) is 112 cm³/mol. The average molecular weight is 392 g/mol. The van der Waals surface area contributed by atoms with Gasteiger partial charge in [0.1, 0.15) is 11.9 Å². The van der Waals surface area contributed by atoms with Gasteiger partial charge in [0, 0.05) is 56.7 Å². The third kappa shape index (κ3) is 5.67. The third-order valence-electron chi connectivity index (χ3n) is 5.79. The van der Waals surface area contributed by atoms with E-state index in [0.29, 0.717) is 6.61 Å². The van der Waals surface area contributed by atoms with E-state index in [4.69, 9.17) is 9.47 Å². The maximum atomic E-state index is 12.6. The molecule has 0 radical (unpaired) electrons. The number of likely N-dealkylation sites (N-methyl/N-ethyl adjacent to an activating group) is 1. The standard InChI is InChI=1S/C22H37N3O3/c1-7-8-13-28-18(4)22(26)24(5)19-9-11-25(12-10-19)15-20-17(3)21(27-6)16(2)14-23-20/h14,18-19H,7-13,15H2,1-6H3. The number of unbranched alkanes of at least 4 members (excludes halogenated alkanes) is 1. The third-order valence-corrected chi connectivity index (χ3v) is 5.79. The Hall–Kier alpha value is -1.66. The molecule has 0 N–H and O–H groups in total. The molecule has 1 amide bonds. The summed E-state index contributed by atoms with van der Waals surface area (Å²) in [6, 6.07) is 0.280. The summed E-state index contributed by atoms with van der Waals surface area (Å²) in [5.74, 6) is 1.03. The van der Waals surface area contributed by atoms with E-state index in [0.717, 1.165) is 67.9 Å². The molecule has 0 bridgehead atoms. The lowest BCUT2D eigenvalue weighted by Gasteiger charge is -2.37. The lowest BCUT2D eigenvalue weighted by atomic mass is 10.0. The average Bonchev–Trinajstić information content (AvgIpc) is 2.70. The largest absolute Gasteiger partial charge is 0.496 e. The lowest BCUT2D eigenvalue weighted by Crippen LogP contribution is -2.48. The normalized spacial score (nSPS) is 16.8. The number of aryl methyl sites for hydroxylation is 1. The van der Waals surface area contributed by atoms with Crippen molar-refractivity contribution in [2.45, 2.75) is 72.1 Å². The molecule has 28 heavy (non-hydrogen) atoms. The number of piperidine rings is 1. The number of nitrogens with zero attached hydrogens (tertiary/aromatic N) is 3. The van der Waals surface area contributed by atoms with Crippen LogP contribution in [-0.4, -0.2) is 66.7 Å². The second-order valence-corrected chi connectivity index (χ2v) is 7.87. The molecule has 2 rings (SSSR count). The highest BCUT2D eigenvalue weighted by molar-refractivity contribution is 5.80. The van der Waals surface area contributed by atoms with E-state index in [1.54, 1.807) is 7.11 Å². The fourth-order valence-electron chi connectivity index (χ4n) is 3.85. The van der Waals surface area contributed by atoms with E-state index < -0.39 is 0 Å². The van der Waals surface area contributed by atoms with Crippen LogP contribution in [0.1, 0.15) is 56.4 Å². The number of carbonyl (C=O) groups excluding carboxylic acids is 1. The van der Waals surface area contributed by atoms with Gasteiger partial charge in [0.2, 0.25) is 0 Å². The molecule has 0 spiro atoms. The fourth-order valence-corrected chi connectivity index (χ4v) is 3.85. The molecule has 1 saturated heterocycles. The highest BCUT2D eigenvalue weighted by atomic mass is 16.5. The molecule has 0 aromatic carbocycles. The Morgan fingerprint density at radius 1 is 1.36 bits per heavy atom. The maximum absolute atomic E-state index is 12.6. The van der Waals surface area contributed by atoms with Gasteiger partial charge in [0.25, 0.3) is 5.91 Å². The van der Waals surface area contributed by atoms with Gasteiger partial charge in [0.05, 0.1) is 12.8 Å². The predicted octanol–water partition coefficient (Wildman–Crippen LogP) is 3.34. The molecule has 1 aromatic rings. The molecule has 1 atom stereocenters. The molecular formula is C22H37N3O3. The molecule has 1 aliphatic rings. The topological polar surface area (TPSA) is 54.9 Å². The monoisotopic (exact) mass is 391 g/mol. The fraction of sp³-hybridized carbons (Fsp3) is 0.727. The molecule has 0 saturated carbocycles. The molecule has 6 heteroatoms. The summed E-state index contributed by atoms with van der Waals surface area (Å²) >= 11 is 0. The summed E-state index contributed by atoms with van der Waals surface area (Å²) in [5, 5.41) is 0. The molecule has 1 fully saturated rings. The van der Waals surface area contributed by atoms with E-state index in [2.05, 4.69) is 23.7 Å². The van der Waals surface area contributed by atoms with Crippen LogP contribution in [0.15, 0.2) is 6.20 Å². The van der Waals surface area contributed by atoms with Crippen molar-refractivity contribution in [3.63, 3.8) is 0 Å². The van der Waals surface area contributed by atoms with Crippen molar-refractivity contribution in [1.29, 1.82) is 0 Å². The van der Waals surface area contributed by atoms with Gasteiger partial charge >= 0.3 is 0 Å². The molecule has 0 aliphatic carbocycles. The van der Waals surface area contributed by atoms with Gasteiger partial charge in [-0.25, -0.2) is 0 Å². The van der Waals surface area contributed by atoms with Crippen molar-refractivity contribution >= 4 is 5.91 Å². The minimum atomic E-state index is -0.360. The number of rotatable bonds is 9. The Balaban J connectivity index is 1.86.